The molecule has 0 heterocycles. The molecule has 0 aromatic heterocycles. The van der Waals surface area contributed by atoms with Crippen LogP contribution in [-0.4, -0.2) is 19.9 Å². The maximum atomic E-state index is 12.2. The van der Waals surface area contributed by atoms with Crippen LogP contribution in [0.1, 0.15) is 0 Å². The zero-order valence-electron chi connectivity index (χ0n) is 9.98. The van der Waals surface area contributed by atoms with Gasteiger partial charge < -0.3 is 0 Å². The maximum Gasteiger partial charge on any atom is 0.282 e. The Morgan fingerprint density at radius 3 is 2.14 bits per heavy atom. The molecule has 1 aliphatic carbocycles. The zero-order valence-corrected chi connectivity index (χ0v) is 14.6. The van der Waals surface area contributed by atoms with Gasteiger partial charge in [0.2, 0.25) is 5.78 Å². The Bertz CT molecular complexity index is 811. The first-order chi connectivity index (χ1) is 9.72. The first-order valence-electron chi connectivity index (χ1n) is 5.30. The minimum Gasteiger partial charge on any atom is -0.287 e. The highest BCUT2D eigenvalue weighted by atomic mass is 79.9. The van der Waals surface area contributed by atoms with E-state index in [1.54, 1.807) is 12.1 Å². The molecule has 4 nitrogen and oxygen atoms in total. The van der Waals surface area contributed by atoms with Crippen molar-refractivity contribution in [3.8, 4) is 0 Å². The lowest BCUT2D eigenvalue weighted by atomic mass is 10.1. The Balaban J connectivity index is 2.52. The third-order valence-electron chi connectivity index (χ3n) is 2.43. The molecule has 0 fully saturated rings. The topological polar surface area (TPSA) is 63.6 Å². The number of sulfonamides is 1. The molecule has 0 saturated heterocycles. The highest BCUT2D eigenvalue weighted by Gasteiger charge is 2.26. The Kier molecular flexibility index (Phi) is 4.95. The van der Waals surface area contributed by atoms with Crippen molar-refractivity contribution in [3.05, 3.63) is 49.9 Å². The molecule has 0 N–H and O–H groups in total. The Labute approximate surface area is 144 Å². The van der Waals surface area contributed by atoms with Crippen LogP contribution in [0.4, 0.5) is 0 Å². The second-order valence-corrected chi connectivity index (χ2v) is 7.54. The number of halogens is 4. The SMILES string of the molecule is O=C1C(Cl)=CC(=NS(=O)(=O)c2ccc(Br)cc2)C(Cl)=C1Cl. The number of carbonyl (C=O) groups is 1. The molecule has 110 valence electrons. The summed E-state index contributed by atoms with van der Waals surface area (Å²) in [6.45, 7) is 0. The molecule has 0 saturated carbocycles. The second-order valence-electron chi connectivity index (χ2n) is 3.85. The molecule has 1 aliphatic rings. The summed E-state index contributed by atoms with van der Waals surface area (Å²) in [6, 6.07) is 5.87. The summed E-state index contributed by atoms with van der Waals surface area (Å²) in [7, 11) is -4.00. The average Bonchev–Trinajstić information content (AvgIpc) is 2.42. The fourth-order valence-electron chi connectivity index (χ4n) is 1.42. The molecule has 0 bridgehead atoms. The van der Waals surface area contributed by atoms with E-state index in [9.17, 15) is 13.2 Å². The van der Waals surface area contributed by atoms with E-state index in [1.165, 1.54) is 12.1 Å². The summed E-state index contributed by atoms with van der Waals surface area (Å²) < 4.78 is 28.6. The van der Waals surface area contributed by atoms with Crippen LogP contribution in [0.3, 0.4) is 0 Å². The van der Waals surface area contributed by atoms with E-state index in [1.807, 2.05) is 0 Å². The van der Waals surface area contributed by atoms with E-state index < -0.39 is 15.8 Å². The normalized spacial score (nSPS) is 18.2. The quantitative estimate of drug-likeness (QED) is 0.668. The standard InChI is InChI=1S/C12H5BrCl3NO3S/c13-6-1-3-7(4-2-6)21(19,20)17-9-5-8(14)12(18)11(16)10(9)15/h1-5H. The van der Waals surface area contributed by atoms with Gasteiger partial charge in [0, 0.05) is 4.47 Å². The van der Waals surface area contributed by atoms with Crippen LogP contribution in [0.25, 0.3) is 0 Å². The van der Waals surface area contributed by atoms with Gasteiger partial charge in [-0.15, -0.1) is 0 Å². The lowest BCUT2D eigenvalue weighted by molar-refractivity contribution is -0.111. The van der Waals surface area contributed by atoms with Crippen LogP contribution < -0.4 is 0 Å². The summed E-state index contributed by atoms with van der Waals surface area (Å²) in [5.41, 5.74) is -0.186. The lowest BCUT2D eigenvalue weighted by Crippen LogP contribution is -2.13. The van der Waals surface area contributed by atoms with Crippen LogP contribution in [0, 0.1) is 0 Å². The third kappa shape index (κ3) is 3.57. The number of allylic oxidation sites excluding steroid dienone is 4. The van der Waals surface area contributed by atoms with Crippen molar-refractivity contribution in [2.75, 3.05) is 0 Å². The number of carbonyl (C=O) groups excluding carboxylic acids is 1. The largest absolute Gasteiger partial charge is 0.287 e. The average molecular weight is 430 g/mol. The molecule has 1 aromatic rings. The molecule has 2 rings (SSSR count). The van der Waals surface area contributed by atoms with Gasteiger partial charge in [-0.2, -0.15) is 12.8 Å². The number of hydrogen-bond donors (Lipinski definition) is 0. The maximum absolute atomic E-state index is 12.2. The van der Waals surface area contributed by atoms with Crippen LogP contribution in [0.5, 0.6) is 0 Å². The monoisotopic (exact) mass is 427 g/mol. The Morgan fingerprint density at radius 2 is 1.57 bits per heavy atom. The van der Waals surface area contributed by atoms with Crippen molar-refractivity contribution in [2.45, 2.75) is 4.90 Å². The number of hydrogen-bond acceptors (Lipinski definition) is 3. The molecule has 0 radical (unpaired) electrons. The van der Waals surface area contributed by atoms with Crippen LogP contribution in [0.15, 0.2) is 59.2 Å². The molecule has 0 aliphatic heterocycles. The van der Waals surface area contributed by atoms with Crippen molar-refractivity contribution in [1.29, 1.82) is 0 Å². The lowest BCUT2D eigenvalue weighted by Gasteiger charge is -2.10. The highest BCUT2D eigenvalue weighted by Crippen LogP contribution is 2.28. The number of ketones is 1. The van der Waals surface area contributed by atoms with Gasteiger partial charge >= 0.3 is 0 Å². The van der Waals surface area contributed by atoms with Crippen molar-refractivity contribution in [1.82, 2.24) is 0 Å². The molecule has 0 spiro atoms. The third-order valence-corrected chi connectivity index (χ3v) is 5.38. The Hall–Kier alpha value is -0.660. The van der Waals surface area contributed by atoms with E-state index in [0.29, 0.717) is 0 Å². The summed E-state index contributed by atoms with van der Waals surface area (Å²) in [5.74, 6) is -0.677. The molecule has 1 aromatic carbocycles. The summed E-state index contributed by atoms with van der Waals surface area (Å²) in [6.07, 6.45) is 1.06. The molecule has 0 atom stereocenters. The molecule has 21 heavy (non-hydrogen) atoms. The van der Waals surface area contributed by atoms with Gasteiger partial charge in [-0.25, -0.2) is 0 Å². The summed E-state index contributed by atoms with van der Waals surface area (Å²) >= 11 is 20.4. The van der Waals surface area contributed by atoms with Crippen molar-refractivity contribution in [2.24, 2.45) is 4.40 Å². The molecule has 0 unspecified atom stereocenters. The summed E-state index contributed by atoms with van der Waals surface area (Å²) in [5, 5.41) is -0.880. The molecular weight excluding hydrogens is 424 g/mol. The Morgan fingerprint density at radius 1 is 1.00 bits per heavy atom. The van der Waals surface area contributed by atoms with E-state index in [-0.39, 0.29) is 25.7 Å². The number of Topliss-reactive ketones (excluding diaryl/α,β-unsaturated/α-hetero) is 1. The summed E-state index contributed by atoms with van der Waals surface area (Å²) in [4.78, 5) is 11.4. The predicted molar refractivity (Wildman–Crippen MR) is 86.4 cm³/mol. The number of nitrogens with zero attached hydrogens (tertiary/aromatic N) is 1. The smallest absolute Gasteiger partial charge is 0.282 e. The first-order valence-corrected chi connectivity index (χ1v) is 8.67. The fraction of sp³-hybridized carbons (Fsp3) is 0. The van der Waals surface area contributed by atoms with E-state index >= 15 is 0 Å². The molecular formula is C12H5BrCl3NO3S. The van der Waals surface area contributed by atoms with Gasteiger partial charge in [0.1, 0.15) is 5.03 Å². The van der Waals surface area contributed by atoms with E-state index in [2.05, 4.69) is 20.3 Å². The van der Waals surface area contributed by atoms with Crippen molar-refractivity contribution >= 4 is 72.3 Å². The van der Waals surface area contributed by atoms with Gasteiger partial charge in [-0.1, -0.05) is 50.7 Å². The minimum atomic E-state index is -4.00. The minimum absolute atomic E-state index is 0.0276. The zero-order chi connectivity index (χ0) is 15.8. The predicted octanol–water partition coefficient (Wildman–Crippen LogP) is 3.97. The molecule has 0 amide bonds. The number of rotatable bonds is 2. The van der Waals surface area contributed by atoms with Crippen molar-refractivity contribution < 1.29 is 13.2 Å². The van der Waals surface area contributed by atoms with Crippen LogP contribution >= 0.6 is 50.7 Å². The second kappa shape index (κ2) is 6.22. The van der Waals surface area contributed by atoms with Gasteiger partial charge in [-0.3, -0.25) is 4.79 Å². The van der Waals surface area contributed by atoms with Gasteiger partial charge in [0.25, 0.3) is 10.0 Å². The number of benzene rings is 1. The molecule has 9 heteroatoms. The highest BCUT2D eigenvalue weighted by molar-refractivity contribution is 9.10. The van der Waals surface area contributed by atoms with E-state index in [4.69, 9.17) is 34.8 Å². The first kappa shape index (κ1) is 16.7. The van der Waals surface area contributed by atoms with Crippen LogP contribution in [0.2, 0.25) is 0 Å². The fourth-order valence-corrected chi connectivity index (χ4v) is 3.35. The van der Waals surface area contributed by atoms with E-state index in [0.717, 1.165) is 10.5 Å². The van der Waals surface area contributed by atoms with Crippen LogP contribution in [-0.2, 0) is 14.8 Å². The van der Waals surface area contributed by atoms with Gasteiger partial charge in [-0.05, 0) is 30.3 Å². The van der Waals surface area contributed by atoms with Gasteiger partial charge in [0.15, 0.2) is 0 Å². The van der Waals surface area contributed by atoms with Gasteiger partial charge in [0.05, 0.1) is 20.7 Å². The van der Waals surface area contributed by atoms with Crippen molar-refractivity contribution in [3.63, 3.8) is 0 Å².